The molecule has 0 spiro atoms. The van der Waals surface area contributed by atoms with E-state index in [9.17, 15) is 14.4 Å². The highest BCUT2D eigenvalue weighted by Gasteiger charge is 2.19. The van der Waals surface area contributed by atoms with E-state index in [1.165, 1.54) is 4.52 Å². The standard InChI is InChI=1S/C23H27N5O3/c1-3-16-13-18-6-5-17(23(31)28(18)25-22(16)30)15-26-9-11-27(12-10-26)19-7-8-20(24-14-19)21(29)4-2/h5-8,13-14H,3-4,9-12,15H2,1-2H3,(H,25,30). The van der Waals surface area contributed by atoms with Crippen molar-refractivity contribution in [2.75, 3.05) is 31.1 Å². The average molecular weight is 422 g/mol. The first-order chi connectivity index (χ1) is 15.0. The minimum absolute atomic E-state index is 0.0466. The quantitative estimate of drug-likeness (QED) is 0.611. The first-order valence-electron chi connectivity index (χ1n) is 10.7. The molecule has 0 unspecified atom stereocenters. The number of ketones is 1. The molecule has 3 aromatic rings. The fraction of sp³-hybridized carbons (Fsp3) is 0.391. The molecule has 8 nitrogen and oxygen atoms in total. The largest absolute Gasteiger partial charge is 0.368 e. The van der Waals surface area contributed by atoms with Crippen LogP contribution in [0.2, 0.25) is 0 Å². The number of anilines is 1. The number of nitrogens with zero attached hydrogens (tertiary/aromatic N) is 4. The second-order valence-corrected chi connectivity index (χ2v) is 7.83. The number of aryl methyl sites for hydroxylation is 1. The van der Waals surface area contributed by atoms with Crippen LogP contribution >= 0.6 is 0 Å². The molecule has 4 rings (SSSR count). The lowest BCUT2D eigenvalue weighted by molar-refractivity contribution is 0.0983. The fourth-order valence-electron chi connectivity index (χ4n) is 3.95. The molecule has 1 fully saturated rings. The maximum atomic E-state index is 12.9. The summed E-state index contributed by atoms with van der Waals surface area (Å²) in [6, 6.07) is 9.24. The van der Waals surface area contributed by atoms with Crippen molar-refractivity contribution < 1.29 is 4.79 Å². The number of Topliss-reactive ketones (excluding diaryl/α,β-unsaturated/α-hetero) is 1. The lowest BCUT2D eigenvalue weighted by atomic mass is 10.1. The molecule has 0 radical (unpaired) electrons. The predicted octanol–water partition coefficient (Wildman–Crippen LogP) is 1.86. The Hall–Kier alpha value is -3.26. The molecule has 1 N–H and O–H groups in total. The first kappa shape index (κ1) is 21.0. The van der Waals surface area contributed by atoms with Gasteiger partial charge in [0.25, 0.3) is 11.1 Å². The molecule has 162 valence electrons. The molecule has 0 bridgehead atoms. The third-order valence-corrected chi connectivity index (χ3v) is 5.89. The van der Waals surface area contributed by atoms with Crippen LogP contribution in [0.25, 0.3) is 5.52 Å². The van der Waals surface area contributed by atoms with Crippen molar-refractivity contribution in [3.05, 3.63) is 74.1 Å². The summed E-state index contributed by atoms with van der Waals surface area (Å²) in [7, 11) is 0. The van der Waals surface area contributed by atoms with Crippen LogP contribution < -0.4 is 16.0 Å². The molecule has 4 heterocycles. The zero-order valence-corrected chi connectivity index (χ0v) is 17.9. The summed E-state index contributed by atoms with van der Waals surface area (Å²) < 4.78 is 1.35. The van der Waals surface area contributed by atoms with Crippen molar-refractivity contribution in [2.24, 2.45) is 0 Å². The van der Waals surface area contributed by atoms with E-state index < -0.39 is 0 Å². The number of carbonyl (C=O) groups excluding carboxylic acids is 1. The molecule has 0 amide bonds. The van der Waals surface area contributed by atoms with E-state index in [0.717, 1.165) is 31.9 Å². The highest BCUT2D eigenvalue weighted by Crippen LogP contribution is 2.17. The van der Waals surface area contributed by atoms with Crippen LogP contribution in [0.1, 0.15) is 41.9 Å². The van der Waals surface area contributed by atoms with Gasteiger partial charge in [0.1, 0.15) is 5.69 Å². The minimum atomic E-state index is -0.219. The summed E-state index contributed by atoms with van der Waals surface area (Å²) in [6.45, 7) is 7.53. The number of H-pyrrole nitrogens is 1. The van der Waals surface area contributed by atoms with E-state index in [-0.39, 0.29) is 16.9 Å². The topological polar surface area (TPSA) is 90.8 Å². The van der Waals surface area contributed by atoms with Crippen LogP contribution in [0, 0.1) is 0 Å². The molecular formula is C23H27N5O3. The molecule has 31 heavy (non-hydrogen) atoms. The van der Waals surface area contributed by atoms with E-state index >= 15 is 0 Å². The van der Waals surface area contributed by atoms with Crippen LogP contribution in [0.3, 0.4) is 0 Å². The Morgan fingerprint density at radius 3 is 2.45 bits per heavy atom. The smallest absolute Gasteiger partial charge is 0.274 e. The number of nitrogens with one attached hydrogen (secondary N) is 1. The fourth-order valence-corrected chi connectivity index (χ4v) is 3.95. The highest BCUT2D eigenvalue weighted by atomic mass is 16.1. The van der Waals surface area contributed by atoms with Gasteiger partial charge in [-0.1, -0.05) is 19.9 Å². The maximum absolute atomic E-state index is 12.9. The lowest BCUT2D eigenvalue weighted by Crippen LogP contribution is -2.46. The lowest BCUT2D eigenvalue weighted by Gasteiger charge is -2.35. The summed E-state index contributed by atoms with van der Waals surface area (Å²) in [4.78, 5) is 45.5. The number of rotatable bonds is 6. The molecule has 1 saturated heterocycles. The monoisotopic (exact) mass is 421 g/mol. The summed E-state index contributed by atoms with van der Waals surface area (Å²) in [5.74, 6) is 0.0466. The van der Waals surface area contributed by atoms with Crippen molar-refractivity contribution in [3.8, 4) is 0 Å². The number of aromatic nitrogens is 3. The van der Waals surface area contributed by atoms with E-state index in [0.29, 0.717) is 41.7 Å². The van der Waals surface area contributed by atoms with Crippen molar-refractivity contribution in [1.82, 2.24) is 19.5 Å². The number of hydrogen-bond acceptors (Lipinski definition) is 6. The highest BCUT2D eigenvalue weighted by molar-refractivity contribution is 5.94. The van der Waals surface area contributed by atoms with Gasteiger partial charge in [-0.3, -0.25) is 29.4 Å². The van der Waals surface area contributed by atoms with Gasteiger partial charge in [0.05, 0.1) is 17.4 Å². The number of carbonyl (C=O) groups is 1. The Bertz CT molecular complexity index is 1200. The Morgan fingerprint density at radius 1 is 1.03 bits per heavy atom. The van der Waals surface area contributed by atoms with Crippen molar-refractivity contribution in [2.45, 2.75) is 33.2 Å². The van der Waals surface area contributed by atoms with Gasteiger partial charge in [0.15, 0.2) is 5.78 Å². The Kier molecular flexibility index (Phi) is 5.99. The van der Waals surface area contributed by atoms with Gasteiger partial charge in [-0.05, 0) is 30.7 Å². The first-order valence-corrected chi connectivity index (χ1v) is 10.7. The maximum Gasteiger partial charge on any atom is 0.274 e. The van der Waals surface area contributed by atoms with E-state index in [4.69, 9.17) is 0 Å². The van der Waals surface area contributed by atoms with Crippen molar-refractivity contribution >= 4 is 17.0 Å². The van der Waals surface area contributed by atoms with Crippen LogP contribution in [0.4, 0.5) is 5.69 Å². The summed E-state index contributed by atoms with van der Waals surface area (Å²) in [5, 5.41) is 2.69. The van der Waals surface area contributed by atoms with Gasteiger partial charge >= 0.3 is 0 Å². The normalized spacial score (nSPS) is 14.8. The van der Waals surface area contributed by atoms with Crippen LogP contribution in [-0.2, 0) is 13.0 Å². The molecule has 3 aromatic heterocycles. The molecule has 0 atom stereocenters. The Labute approximate surface area is 180 Å². The van der Waals surface area contributed by atoms with Crippen LogP contribution in [0.15, 0.2) is 46.1 Å². The third-order valence-electron chi connectivity index (χ3n) is 5.89. The SMILES string of the molecule is CCC(=O)c1ccc(N2CCN(Cc3ccc4cc(CC)c(=O)[nH]n4c3=O)CC2)cn1. The third kappa shape index (κ3) is 4.29. The number of pyridine rings is 2. The van der Waals surface area contributed by atoms with Crippen molar-refractivity contribution in [1.29, 1.82) is 0 Å². The molecule has 0 aromatic carbocycles. The molecule has 1 aliphatic heterocycles. The Balaban J connectivity index is 1.43. The van der Waals surface area contributed by atoms with E-state index in [2.05, 4.69) is 19.9 Å². The number of aromatic amines is 1. The average Bonchev–Trinajstić information content (AvgIpc) is 2.81. The van der Waals surface area contributed by atoms with Gasteiger partial charge < -0.3 is 4.90 Å². The second kappa shape index (κ2) is 8.85. The van der Waals surface area contributed by atoms with Gasteiger partial charge in [0.2, 0.25) is 0 Å². The van der Waals surface area contributed by atoms with E-state index in [1.807, 2.05) is 32.0 Å². The predicted molar refractivity (Wildman–Crippen MR) is 120 cm³/mol. The molecule has 0 aliphatic carbocycles. The van der Waals surface area contributed by atoms with Gasteiger partial charge in [-0.25, -0.2) is 4.52 Å². The zero-order valence-electron chi connectivity index (χ0n) is 17.9. The van der Waals surface area contributed by atoms with Gasteiger partial charge in [0, 0.05) is 50.3 Å². The molecule has 1 aliphatic rings. The summed E-state index contributed by atoms with van der Waals surface area (Å²) >= 11 is 0. The number of fused-ring (bicyclic) bond motifs is 1. The van der Waals surface area contributed by atoms with Gasteiger partial charge in [-0.2, -0.15) is 0 Å². The van der Waals surface area contributed by atoms with E-state index in [1.54, 1.807) is 18.3 Å². The van der Waals surface area contributed by atoms with Crippen LogP contribution in [0.5, 0.6) is 0 Å². The molecule has 8 heteroatoms. The minimum Gasteiger partial charge on any atom is -0.368 e. The molecule has 0 saturated carbocycles. The second-order valence-electron chi connectivity index (χ2n) is 7.83. The van der Waals surface area contributed by atoms with Crippen molar-refractivity contribution in [3.63, 3.8) is 0 Å². The number of piperazine rings is 1. The molecular weight excluding hydrogens is 394 g/mol. The van der Waals surface area contributed by atoms with Crippen LogP contribution in [-0.4, -0.2) is 51.5 Å². The summed E-state index contributed by atoms with van der Waals surface area (Å²) in [6.07, 6.45) is 2.84. The Morgan fingerprint density at radius 2 is 1.81 bits per heavy atom. The van der Waals surface area contributed by atoms with Gasteiger partial charge in [-0.15, -0.1) is 0 Å². The zero-order chi connectivity index (χ0) is 22.0. The number of hydrogen-bond donors (Lipinski definition) is 1. The summed E-state index contributed by atoms with van der Waals surface area (Å²) in [5.41, 5.74) is 3.14.